The summed E-state index contributed by atoms with van der Waals surface area (Å²) in [5.41, 5.74) is 7.84. The van der Waals surface area contributed by atoms with Gasteiger partial charge in [0, 0.05) is 18.3 Å². The van der Waals surface area contributed by atoms with Crippen molar-refractivity contribution in [2.24, 2.45) is 11.7 Å². The molecule has 0 bridgehead atoms. The third-order valence-corrected chi connectivity index (χ3v) is 4.64. The molecule has 0 aliphatic rings. The molecule has 8 heteroatoms. The number of nitrogens with zero attached hydrogens (tertiary/aromatic N) is 2. The first kappa shape index (κ1) is 21.6. The predicted octanol–water partition coefficient (Wildman–Crippen LogP) is 3.28. The minimum atomic E-state index is -0.780. The van der Waals surface area contributed by atoms with Crippen LogP contribution in [0.2, 0.25) is 0 Å². The summed E-state index contributed by atoms with van der Waals surface area (Å²) in [5.74, 6) is -1.05. The molecule has 0 saturated carbocycles. The number of aliphatic hydroxyl groups is 1. The van der Waals surface area contributed by atoms with Gasteiger partial charge in [-0.25, -0.2) is 9.37 Å². The SMILES string of the molecule is Cc1cc(Nc2nc(N[C@H](CCCO)C(C)C)c(F)cc2C(N)=O)cnc1C. The van der Waals surface area contributed by atoms with E-state index in [2.05, 4.69) is 20.6 Å². The number of primary amides is 1. The van der Waals surface area contributed by atoms with Crippen LogP contribution in [0.3, 0.4) is 0 Å². The molecule has 0 aliphatic heterocycles. The molecule has 1 atom stereocenters. The van der Waals surface area contributed by atoms with Gasteiger partial charge >= 0.3 is 0 Å². The summed E-state index contributed by atoms with van der Waals surface area (Å²) in [6.45, 7) is 7.88. The van der Waals surface area contributed by atoms with Crippen LogP contribution in [-0.2, 0) is 0 Å². The zero-order chi connectivity index (χ0) is 20.8. The lowest BCUT2D eigenvalue weighted by atomic mass is 9.99. The lowest BCUT2D eigenvalue weighted by molar-refractivity contribution is 0.100. The van der Waals surface area contributed by atoms with Gasteiger partial charge in [-0.15, -0.1) is 0 Å². The molecule has 0 aliphatic carbocycles. The molecule has 2 aromatic heterocycles. The Labute approximate surface area is 164 Å². The number of rotatable bonds is 9. The van der Waals surface area contributed by atoms with Gasteiger partial charge < -0.3 is 21.5 Å². The van der Waals surface area contributed by atoms with Crippen LogP contribution >= 0.6 is 0 Å². The molecule has 5 N–H and O–H groups in total. The fraction of sp³-hybridized carbons (Fsp3) is 0.450. The van der Waals surface area contributed by atoms with Crippen molar-refractivity contribution in [3.8, 4) is 0 Å². The van der Waals surface area contributed by atoms with Gasteiger partial charge in [-0.2, -0.15) is 0 Å². The van der Waals surface area contributed by atoms with Gasteiger partial charge in [0.25, 0.3) is 5.91 Å². The van der Waals surface area contributed by atoms with Gasteiger partial charge in [0.2, 0.25) is 0 Å². The third-order valence-electron chi connectivity index (χ3n) is 4.64. The molecule has 0 fully saturated rings. The number of nitrogens with one attached hydrogen (secondary N) is 2. The first-order valence-corrected chi connectivity index (χ1v) is 9.31. The molecule has 2 rings (SSSR count). The van der Waals surface area contributed by atoms with Crippen molar-refractivity contribution in [1.82, 2.24) is 9.97 Å². The van der Waals surface area contributed by atoms with Crippen molar-refractivity contribution in [1.29, 1.82) is 0 Å². The maximum absolute atomic E-state index is 14.6. The Balaban J connectivity index is 2.38. The van der Waals surface area contributed by atoms with E-state index in [1.165, 1.54) is 0 Å². The summed E-state index contributed by atoms with van der Waals surface area (Å²) >= 11 is 0. The van der Waals surface area contributed by atoms with Crippen molar-refractivity contribution >= 4 is 23.2 Å². The quantitative estimate of drug-likeness (QED) is 0.523. The molecule has 0 radical (unpaired) electrons. The van der Waals surface area contributed by atoms with Gasteiger partial charge in [-0.05, 0) is 50.3 Å². The number of carbonyl (C=O) groups excluding carboxylic acids is 1. The van der Waals surface area contributed by atoms with Gasteiger partial charge in [-0.3, -0.25) is 9.78 Å². The minimum absolute atomic E-state index is 0.0286. The van der Waals surface area contributed by atoms with E-state index >= 15 is 0 Å². The number of anilines is 3. The van der Waals surface area contributed by atoms with E-state index in [0.29, 0.717) is 18.5 Å². The monoisotopic (exact) mass is 389 g/mol. The molecular weight excluding hydrogens is 361 g/mol. The number of aryl methyl sites for hydroxylation is 2. The van der Waals surface area contributed by atoms with Gasteiger partial charge in [0.1, 0.15) is 5.82 Å². The van der Waals surface area contributed by atoms with Crippen molar-refractivity contribution in [3.63, 3.8) is 0 Å². The second-order valence-corrected chi connectivity index (χ2v) is 7.19. The van der Waals surface area contributed by atoms with Crippen molar-refractivity contribution in [3.05, 3.63) is 41.0 Å². The topological polar surface area (TPSA) is 113 Å². The van der Waals surface area contributed by atoms with Crippen LogP contribution in [0.1, 0.15) is 48.3 Å². The molecule has 2 heterocycles. The number of pyridine rings is 2. The maximum Gasteiger partial charge on any atom is 0.252 e. The number of aromatic nitrogens is 2. The molecule has 0 spiro atoms. The summed E-state index contributed by atoms with van der Waals surface area (Å²) in [5, 5.41) is 15.2. The van der Waals surface area contributed by atoms with E-state index in [1.807, 2.05) is 33.8 Å². The largest absolute Gasteiger partial charge is 0.396 e. The van der Waals surface area contributed by atoms with E-state index in [0.717, 1.165) is 17.3 Å². The molecule has 2 aromatic rings. The Bertz CT molecular complexity index is 842. The Hall–Kier alpha value is -2.74. The fourth-order valence-electron chi connectivity index (χ4n) is 2.78. The van der Waals surface area contributed by atoms with E-state index in [9.17, 15) is 9.18 Å². The summed E-state index contributed by atoms with van der Waals surface area (Å²) in [7, 11) is 0. The first-order chi connectivity index (χ1) is 13.2. The molecular formula is C20H28FN5O2. The van der Waals surface area contributed by atoms with Crippen LogP contribution in [0, 0.1) is 25.6 Å². The number of aliphatic hydroxyl groups excluding tert-OH is 1. The highest BCUT2D eigenvalue weighted by atomic mass is 19.1. The highest BCUT2D eigenvalue weighted by Crippen LogP contribution is 2.26. The van der Waals surface area contributed by atoms with Crippen LogP contribution in [0.5, 0.6) is 0 Å². The van der Waals surface area contributed by atoms with Crippen molar-refractivity contribution in [2.45, 2.75) is 46.6 Å². The van der Waals surface area contributed by atoms with Gasteiger partial charge in [-0.1, -0.05) is 13.8 Å². The zero-order valence-electron chi connectivity index (χ0n) is 16.7. The summed E-state index contributed by atoms with van der Waals surface area (Å²) in [6.07, 6.45) is 2.87. The molecule has 0 unspecified atom stereocenters. The van der Waals surface area contributed by atoms with Crippen LogP contribution in [0.15, 0.2) is 18.3 Å². The number of carbonyl (C=O) groups is 1. The molecule has 0 aromatic carbocycles. The van der Waals surface area contributed by atoms with E-state index in [1.54, 1.807) is 6.20 Å². The number of hydrogen-bond acceptors (Lipinski definition) is 6. The van der Waals surface area contributed by atoms with Crippen LogP contribution in [-0.4, -0.2) is 33.6 Å². The highest BCUT2D eigenvalue weighted by molar-refractivity contribution is 5.98. The second-order valence-electron chi connectivity index (χ2n) is 7.19. The molecule has 1 amide bonds. The number of hydrogen-bond donors (Lipinski definition) is 4. The van der Waals surface area contributed by atoms with Crippen LogP contribution < -0.4 is 16.4 Å². The highest BCUT2D eigenvalue weighted by Gasteiger charge is 2.20. The average Bonchev–Trinajstić information content (AvgIpc) is 2.63. The average molecular weight is 389 g/mol. The van der Waals surface area contributed by atoms with Crippen molar-refractivity contribution < 1.29 is 14.3 Å². The molecule has 28 heavy (non-hydrogen) atoms. The maximum atomic E-state index is 14.6. The number of nitrogens with two attached hydrogens (primary N) is 1. The van der Waals surface area contributed by atoms with E-state index in [4.69, 9.17) is 10.8 Å². The molecule has 7 nitrogen and oxygen atoms in total. The van der Waals surface area contributed by atoms with E-state index in [-0.39, 0.29) is 35.8 Å². The lowest BCUT2D eigenvalue weighted by Gasteiger charge is -2.23. The lowest BCUT2D eigenvalue weighted by Crippen LogP contribution is -2.27. The Morgan fingerprint density at radius 1 is 1.29 bits per heavy atom. The third kappa shape index (κ3) is 5.39. The number of halogens is 1. The minimum Gasteiger partial charge on any atom is -0.396 e. The summed E-state index contributed by atoms with van der Waals surface area (Å²) in [4.78, 5) is 20.3. The smallest absolute Gasteiger partial charge is 0.252 e. The van der Waals surface area contributed by atoms with Crippen LogP contribution in [0.25, 0.3) is 0 Å². The normalized spacial score (nSPS) is 12.1. The Morgan fingerprint density at radius 2 is 2.00 bits per heavy atom. The predicted molar refractivity (Wildman–Crippen MR) is 108 cm³/mol. The van der Waals surface area contributed by atoms with Gasteiger partial charge in [0.15, 0.2) is 11.6 Å². The first-order valence-electron chi connectivity index (χ1n) is 9.31. The number of amides is 1. The fourth-order valence-corrected chi connectivity index (χ4v) is 2.78. The summed E-state index contributed by atoms with van der Waals surface area (Å²) in [6, 6.07) is 2.87. The van der Waals surface area contributed by atoms with E-state index < -0.39 is 11.7 Å². The summed E-state index contributed by atoms with van der Waals surface area (Å²) < 4.78 is 14.6. The Kier molecular flexibility index (Phi) is 7.28. The second kappa shape index (κ2) is 9.45. The van der Waals surface area contributed by atoms with Gasteiger partial charge in [0.05, 0.1) is 17.4 Å². The molecule has 152 valence electrons. The zero-order valence-corrected chi connectivity index (χ0v) is 16.7. The standard InChI is InChI=1S/C20H28FN5O2/c1-11(2)17(6-5-7-27)25-20-16(21)9-15(18(22)28)19(26-20)24-14-8-12(3)13(4)23-10-14/h8-11,17,27H,5-7H2,1-4H3,(H2,22,28)(H2,24,25,26)/t17-/m1/s1. The van der Waals surface area contributed by atoms with Crippen molar-refractivity contribution in [2.75, 3.05) is 17.2 Å². The molecule has 0 saturated heterocycles. The Morgan fingerprint density at radius 3 is 2.57 bits per heavy atom. The van der Waals surface area contributed by atoms with Crippen LogP contribution in [0.4, 0.5) is 21.7 Å².